The predicted molar refractivity (Wildman–Crippen MR) is 74.9 cm³/mol. The van der Waals surface area contributed by atoms with E-state index in [0.29, 0.717) is 5.92 Å². The first kappa shape index (κ1) is 15.0. The van der Waals surface area contributed by atoms with E-state index in [9.17, 15) is 5.21 Å². The molecule has 0 aliphatic heterocycles. The van der Waals surface area contributed by atoms with E-state index < -0.39 is 0 Å². The van der Waals surface area contributed by atoms with Crippen molar-refractivity contribution < 1.29 is 0 Å². The number of unbranched alkanes of at least 4 members (excludes halogenated alkanes) is 5. The Bertz CT molecular complexity index is 166. The van der Waals surface area contributed by atoms with Crippen molar-refractivity contribution in [2.24, 2.45) is 5.92 Å². The van der Waals surface area contributed by atoms with Crippen LogP contribution in [0.25, 0.3) is 0 Å². The molecule has 0 aromatic rings. The zero-order valence-corrected chi connectivity index (χ0v) is 11.6. The fourth-order valence-corrected chi connectivity index (χ4v) is 2.82. The van der Waals surface area contributed by atoms with E-state index in [1.807, 2.05) is 0 Å². The van der Waals surface area contributed by atoms with Crippen LogP contribution in [0.1, 0.15) is 77.6 Å². The molecule has 2 nitrogen and oxygen atoms in total. The van der Waals surface area contributed by atoms with Gasteiger partial charge in [-0.15, -0.1) is 0 Å². The van der Waals surface area contributed by atoms with Crippen LogP contribution in [0.15, 0.2) is 0 Å². The molecule has 0 bridgehead atoms. The summed E-state index contributed by atoms with van der Waals surface area (Å²) in [6, 6.07) is 0. The second-order valence-corrected chi connectivity index (χ2v) is 5.66. The Morgan fingerprint density at radius 1 is 0.941 bits per heavy atom. The molecule has 0 aromatic heterocycles. The molecule has 1 aliphatic rings. The van der Waals surface area contributed by atoms with Crippen LogP contribution in [0, 0.1) is 11.1 Å². The maximum absolute atomic E-state index is 11.7. The molecule has 1 aliphatic carbocycles. The maximum atomic E-state index is 11.7. The van der Waals surface area contributed by atoms with Crippen LogP contribution in [-0.4, -0.2) is 18.2 Å². The minimum absolute atomic E-state index is 0.696. The number of rotatable bonds is 9. The molecule has 0 saturated heterocycles. The van der Waals surface area contributed by atoms with E-state index in [1.54, 1.807) is 0 Å². The fourth-order valence-electron chi connectivity index (χ4n) is 2.82. The van der Waals surface area contributed by atoms with Gasteiger partial charge in [-0.2, -0.15) is 0 Å². The molecule has 0 amide bonds. The van der Waals surface area contributed by atoms with Crippen LogP contribution < -0.4 is 0 Å². The lowest BCUT2D eigenvalue weighted by Crippen LogP contribution is -2.26. The third-order valence-electron chi connectivity index (χ3n) is 3.95. The van der Waals surface area contributed by atoms with Gasteiger partial charge in [0.2, 0.25) is 0 Å². The van der Waals surface area contributed by atoms with E-state index in [1.165, 1.54) is 69.3 Å². The lowest BCUT2D eigenvalue weighted by molar-refractivity contribution is 0.251. The molecule has 102 valence electrons. The topological polar surface area (TPSA) is 26.3 Å². The quantitative estimate of drug-likeness (QED) is 0.430. The lowest BCUT2D eigenvalue weighted by atomic mass is 9.89. The van der Waals surface area contributed by atoms with Crippen LogP contribution in [0.4, 0.5) is 0 Å². The van der Waals surface area contributed by atoms with Crippen molar-refractivity contribution in [1.29, 1.82) is 0 Å². The molecular formula is C15H30NO-. The summed E-state index contributed by atoms with van der Waals surface area (Å²) in [5.41, 5.74) is 0. The number of nitrogens with zero attached hydrogens (tertiary/aromatic N) is 1. The van der Waals surface area contributed by atoms with Crippen molar-refractivity contribution in [3.63, 3.8) is 0 Å². The molecule has 1 saturated carbocycles. The van der Waals surface area contributed by atoms with E-state index in [0.717, 1.165) is 19.5 Å². The Hall–Kier alpha value is -0.0800. The van der Waals surface area contributed by atoms with Crippen molar-refractivity contribution >= 4 is 0 Å². The summed E-state index contributed by atoms with van der Waals surface area (Å²) < 4.78 is 0. The first-order valence-electron chi connectivity index (χ1n) is 7.75. The Balaban J connectivity index is 1.91. The van der Waals surface area contributed by atoms with Crippen LogP contribution in [0.2, 0.25) is 0 Å². The summed E-state index contributed by atoms with van der Waals surface area (Å²) >= 11 is 0. The summed E-state index contributed by atoms with van der Waals surface area (Å²) in [5, 5.41) is 13.0. The smallest absolute Gasteiger partial charge is 0.0116 e. The van der Waals surface area contributed by atoms with Gasteiger partial charge in [0, 0.05) is 0 Å². The molecule has 0 unspecified atom stereocenters. The Kier molecular flexibility index (Phi) is 8.72. The van der Waals surface area contributed by atoms with Gasteiger partial charge in [-0.25, -0.2) is 0 Å². The number of hydrogen-bond donors (Lipinski definition) is 0. The molecule has 0 atom stereocenters. The molecule has 0 heterocycles. The van der Waals surface area contributed by atoms with Gasteiger partial charge in [0.05, 0.1) is 0 Å². The van der Waals surface area contributed by atoms with Crippen LogP contribution in [0.5, 0.6) is 0 Å². The monoisotopic (exact) mass is 240 g/mol. The highest BCUT2D eigenvalue weighted by molar-refractivity contribution is 4.70. The molecular weight excluding hydrogens is 210 g/mol. The Morgan fingerprint density at radius 3 is 2.29 bits per heavy atom. The molecule has 17 heavy (non-hydrogen) atoms. The first-order chi connectivity index (χ1) is 8.33. The lowest BCUT2D eigenvalue weighted by Gasteiger charge is -2.34. The van der Waals surface area contributed by atoms with Gasteiger partial charge in [-0.05, 0) is 38.3 Å². The zero-order valence-electron chi connectivity index (χ0n) is 11.6. The highest BCUT2D eigenvalue weighted by Gasteiger charge is 2.13. The molecule has 0 radical (unpaired) electrons. The largest absolute Gasteiger partial charge is 0.785 e. The minimum atomic E-state index is 0.696. The van der Waals surface area contributed by atoms with E-state index >= 15 is 0 Å². The maximum Gasteiger partial charge on any atom is -0.0116 e. The third-order valence-corrected chi connectivity index (χ3v) is 3.95. The van der Waals surface area contributed by atoms with Crippen molar-refractivity contribution in [2.45, 2.75) is 77.6 Å². The minimum Gasteiger partial charge on any atom is -0.785 e. The molecule has 0 aromatic carbocycles. The SMILES string of the molecule is CCCCCCCCN([O-])CC1CCCCC1. The Morgan fingerprint density at radius 2 is 1.59 bits per heavy atom. The number of hydroxylamine groups is 2. The molecule has 1 rings (SSSR count). The van der Waals surface area contributed by atoms with Gasteiger partial charge < -0.3 is 10.3 Å². The number of hydrogen-bond acceptors (Lipinski definition) is 2. The standard InChI is InChI=1S/C15H30NO/c1-2-3-4-5-6-10-13-16(17)14-15-11-8-7-9-12-15/h15H,2-14H2,1H3/q-1. The van der Waals surface area contributed by atoms with Gasteiger partial charge in [0.15, 0.2) is 0 Å². The van der Waals surface area contributed by atoms with Gasteiger partial charge in [-0.1, -0.05) is 58.3 Å². The van der Waals surface area contributed by atoms with Gasteiger partial charge in [0.25, 0.3) is 0 Å². The van der Waals surface area contributed by atoms with E-state index in [-0.39, 0.29) is 0 Å². The van der Waals surface area contributed by atoms with Crippen LogP contribution in [-0.2, 0) is 0 Å². The fraction of sp³-hybridized carbons (Fsp3) is 1.00. The molecule has 1 fully saturated rings. The zero-order chi connectivity index (χ0) is 12.3. The van der Waals surface area contributed by atoms with Crippen molar-refractivity contribution in [2.75, 3.05) is 13.1 Å². The summed E-state index contributed by atoms with van der Waals surface area (Å²) in [6.45, 7) is 3.81. The Labute approximate surface area is 107 Å². The van der Waals surface area contributed by atoms with E-state index in [4.69, 9.17) is 0 Å². The second-order valence-electron chi connectivity index (χ2n) is 5.66. The van der Waals surface area contributed by atoms with E-state index in [2.05, 4.69) is 6.92 Å². The van der Waals surface area contributed by atoms with Crippen molar-refractivity contribution in [3.8, 4) is 0 Å². The van der Waals surface area contributed by atoms with Gasteiger partial charge in [-0.3, -0.25) is 0 Å². The molecule has 0 N–H and O–H groups in total. The van der Waals surface area contributed by atoms with Crippen molar-refractivity contribution in [3.05, 3.63) is 5.21 Å². The summed E-state index contributed by atoms with van der Waals surface area (Å²) in [7, 11) is 0. The predicted octanol–water partition coefficient (Wildman–Crippen LogP) is 4.73. The highest BCUT2D eigenvalue weighted by Crippen LogP contribution is 2.24. The average molecular weight is 240 g/mol. The normalized spacial score (nSPS) is 17.8. The van der Waals surface area contributed by atoms with Gasteiger partial charge in [0.1, 0.15) is 0 Å². The second kappa shape index (κ2) is 9.90. The van der Waals surface area contributed by atoms with Crippen LogP contribution in [0.3, 0.4) is 0 Å². The summed E-state index contributed by atoms with van der Waals surface area (Å²) in [6.07, 6.45) is 14.3. The van der Waals surface area contributed by atoms with Crippen molar-refractivity contribution in [1.82, 2.24) is 5.06 Å². The highest BCUT2D eigenvalue weighted by atomic mass is 16.5. The van der Waals surface area contributed by atoms with Gasteiger partial charge >= 0.3 is 0 Å². The molecule has 2 heteroatoms. The summed E-state index contributed by atoms with van der Waals surface area (Å²) in [4.78, 5) is 0. The average Bonchev–Trinajstić information content (AvgIpc) is 2.35. The molecule has 0 spiro atoms. The summed E-state index contributed by atoms with van der Waals surface area (Å²) in [5.74, 6) is 0.696. The first-order valence-corrected chi connectivity index (χ1v) is 7.75. The van der Waals surface area contributed by atoms with Crippen LogP contribution >= 0.6 is 0 Å². The third kappa shape index (κ3) is 7.77.